The first kappa shape index (κ1) is 14.7. The molecule has 1 aliphatic heterocycles. The average Bonchev–Trinajstić information content (AvgIpc) is 2.26. The highest BCUT2D eigenvalue weighted by atomic mass is 32.2. The molecular weight excluding hydrogens is 266 g/mol. The molecule has 1 atom stereocenters. The van der Waals surface area contributed by atoms with E-state index in [2.05, 4.69) is 4.84 Å². The zero-order valence-electron chi connectivity index (χ0n) is 9.59. The quantitative estimate of drug-likeness (QED) is 0.475. The third-order valence-corrected chi connectivity index (χ3v) is 5.15. The van der Waals surface area contributed by atoms with Gasteiger partial charge in [0.2, 0.25) is 0 Å². The summed E-state index contributed by atoms with van der Waals surface area (Å²) < 4.78 is 23.1. The zero-order chi connectivity index (χ0) is 12.9. The van der Waals surface area contributed by atoms with Crippen molar-refractivity contribution in [3.05, 3.63) is 0 Å². The number of nitrogens with two attached hydrogens (primary N) is 1. The second kappa shape index (κ2) is 6.55. The Kier molecular flexibility index (Phi) is 5.67. The fourth-order valence-electron chi connectivity index (χ4n) is 1.62. The maximum absolute atomic E-state index is 11.6. The first-order valence-electron chi connectivity index (χ1n) is 5.11. The van der Waals surface area contributed by atoms with Crippen LogP contribution >= 0.6 is 11.8 Å². The normalized spacial score (nSPS) is 22.4. The van der Waals surface area contributed by atoms with Crippen molar-refractivity contribution in [3.63, 3.8) is 0 Å². The SMILES string of the molecule is CS(=O)(=O)C1CSCCN1CCC(=O)ONN. The van der Waals surface area contributed by atoms with Crippen LogP contribution in [0.5, 0.6) is 0 Å². The standard InChI is InChI=1S/C8H17N3O4S2/c1-17(13,14)7-6-16-5-4-11(7)3-2-8(12)15-10-9/h7,10H,2-6,9H2,1H3. The molecule has 3 N–H and O–H groups in total. The Bertz CT molecular complexity index is 360. The first-order chi connectivity index (χ1) is 7.95. The smallest absolute Gasteiger partial charge is 0.327 e. The van der Waals surface area contributed by atoms with Crippen molar-refractivity contribution in [3.8, 4) is 0 Å². The molecule has 0 amide bonds. The van der Waals surface area contributed by atoms with E-state index in [0.29, 0.717) is 18.8 Å². The van der Waals surface area contributed by atoms with Gasteiger partial charge in [0.15, 0.2) is 9.84 Å². The summed E-state index contributed by atoms with van der Waals surface area (Å²) >= 11 is 1.61. The van der Waals surface area contributed by atoms with E-state index in [1.54, 1.807) is 22.3 Å². The van der Waals surface area contributed by atoms with E-state index in [-0.39, 0.29) is 6.42 Å². The van der Waals surface area contributed by atoms with Crippen molar-refractivity contribution >= 4 is 27.6 Å². The number of hydrazine groups is 1. The molecule has 1 aliphatic rings. The Morgan fingerprint density at radius 1 is 1.65 bits per heavy atom. The number of hydrogen-bond donors (Lipinski definition) is 2. The number of nitrogens with one attached hydrogen (secondary N) is 1. The number of thioether (sulfide) groups is 1. The lowest BCUT2D eigenvalue weighted by Gasteiger charge is -2.33. The molecule has 0 aromatic heterocycles. The van der Waals surface area contributed by atoms with E-state index >= 15 is 0 Å². The fourth-order valence-corrected chi connectivity index (χ4v) is 4.59. The molecule has 0 aromatic carbocycles. The van der Waals surface area contributed by atoms with Gasteiger partial charge in [0.25, 0.3) is 0 Å². The number of rotatable bonds is 5. The minimum absolute atomic E-state index is 0.112. The minimum Gasteiger partial charge on any atom is -0.356 e. The Balaban J connectivity index is 2.52. The van der Waals surface area contributed by atoms with Gasteiger partial charge in [-0.2, -0.15) is 11.8 Å². The van der Waals surface area contributed by atoms with E-state index in [1.807, 2.05) is 0 Å². The second-order valence-corrected chi connectivity index (χ2v) is 7.09. The molecule has 1 saturated heterocycles. The topological polar surface area (TPSA) is 102 Å². The predicted octanol–water partition coefficient (Wildman–Crippen LogP) is -1.28. The molecule has 0 spiro atoms. The molecule has 1 heterocycles. The Labute approximate surface area is 105 Å². The van der Waals surface area contributed by atoms with Gasteiger partial charge in [-0.15, -0.1) is 0 Å². The van der Waals surface area contributed by atoms with Crippen LogP contribution in [0.25, 0.3) is 0 Å². The molecule has 9 heteroatoms. The summed E-state index contributed by atoms with van der Waals surface area (Å²) in [4.78, 5) is 17.3. The molecule has 0 aliphatic carbocycles. The molecule has 100 valence electrons. The van der Waals surface area contributed by atoms with Crippen molar-refractivity contribution in [2.45, 2.75) is 11.8 Å². The highest BCUT2D eigenvalue weighted by molar-refractivity contribution is 8.00. The van der Waals surface area contributed by atoms with Gasteiger partial charge >= 0.3 is 5.97 Å². The molecule has 17 heavy (non-hydrogen) atoms. The lowest BCUT2D eigenvalue weighted by atomic mass is 10.3. The van der Waals surface area contributed by atoms with Crippen LogP contribution in [0.1, 0.15) is 6.42 Å². The van der Waals surface area contributed by atoms with Gasteiger partial charge in [-0.3, -0.25) is 9.69 Å². The maximum atomic E-state index is 11.6. The molecule has 0 saturated carbocycles. The van der Waals surface area contributed by atoms with Crippen LogP contribution in [-0.2, 0) is 19.5 Å². The molecule has 0 aromatic rings. The van der Waals surface area contributed by atoms with Crippen LogP contribution in [0.15, 0.2) is 0 Å². The summed E-state index contributed by atoms with van der Waals surface area (Å²) in [6.07, 6.45) is 1.33. The maximum Gasteiger partial charge on any atom is 0.327 e. The van der Waals surface area contributed by atoms with Crippen molar-refractivity contribution in [2.75, 3.05) is 30.9 Å². The van der Waals surface area contributed by atoms with E-state index in [4.69, 9.17) is 5.84 Å². The van der Waals surface area contributed by atoms with E-state index in [9.17, 15) is 13.2 Å². The lowest BCUT2D eigenvalue weighted by Crippen LogP contribution is -2.47. The summed E-state index contributed by atoms with van der Waals surface area (Å²) in [7, 11) is -3.12. The monoisotopic (exact) mass is 283 g/mol. The van der Waals surface area contributed by atoms with Gasteiger partial charge < -0.3 is 4.84 Å². The van der Waals surface area contributed by atoms with Crippen LogP contribution in [0.3, 0.4) is 0 Å². The van der Waals surface area contributed by atoms with E-state index in [1.165, 1.54) is 6.26 Å². The molecule has 7 nitrogen and oxygen atoms in total. The zero-order valence-corrected chi connectivity index (χ0v) is 11.2. The summed E-state index contributed by atoms with van der Waals surface area (Å²) in [5.41, 5.74) is 1.81. The molecular formula is C8H17N3O4S2. The summed E-state index contributed by atoms with van der Waals surface area (Å²) in [5, 5.41) is -0.514. The third kappa shape index (κ3) is 4.80. The second-order valence-electron chi connectivity index (χ2n) is 3.74. The number of carbonyl (C=O) groups excluding carboxylic acids is 1. The van der Waals surface area contributed by atoms with Crippen molar-refractivity contribution in [2.24, 2.45) is 5.84 Å². The molecule has 0 radical (unpaired) electrons. The van der Waals surface area contributed by atoms with Crippen molar-refractivity contribution in [1.82, 2.24) is 10.5 Å². The fraction of sp³-hybridized carbons (Fsp3) is 0.875. The van der Waals surface area contributed by atoms with Gasteiger partial charge in [0.05, 0.1) is 6.42 Å². The Morgan fingerprint density at radius 2 is 2.35 bits per heavy atom. The predicted molar refractivity (Wildman–Crippen MR) is 65.6 cm³/mol. The third-order valence-electron chi connectivity index (χ3n) is 2.46. The molecule has 1 rings (SSSR count). The number of nitrogens with zero attached hydrogens (tertiary/aromatic N) is 1. The summed E-state index contributed by atoms with van der Waals surface area (Å²) in [6, 6.07) is 0. The molecule has 1 fully saturated rings. The summed E-state index contributed by atoms with van der Waals surface area (Å²) in [5.74, 6) is 5.74. The summed E-state index contributed by atoms with van der Waals surface area (Å²) in [6.45, 7) is 1.02. The minimum atomic E-state index is -3.12. The van der Waals surface area contributed by atoms with Gasteiger partial charge in [-0.25, -0.2) is 14.3 Å². The van der Waals surface area contributed by atoms with Crippen LogP contribution in [0.2, 0.25) is 0 Å². The van der Waals surface area contributed by atoms with Gasteiger partial charge in [-0.1, -0.05) is 5.59 Å². The highest BCUT2D eigenvalue weighted by Crippen LogP contribution is 2.20. The Hall–Kier alpha value is -0.350. The average molecular weight is 283 g/mol. The van der Waals surface area contributed by atoms with Gasteiger partial charge in [0.1, 0.15) is 5.37 Å². The highest BCUT2D eigenvalue weighted by Gasteiger charge is 2.30. The van der Waals surface area contributed by atoms with E-state index < -0.39 is 21.2 Å². The number of carbonyl (C=O) groups is 1. The number of sulfone groups is 1. The van der Waals surface area contributed by atoms with Crippen molar-refractivity contribution < 1.29 is 18.0 Å². The van der Waals surface area contributed by atoms with Crippen molar-refractivity contribution in [1.29, 1.82) is 0 Å². The largest absolute Gasteiger partial charge is 0.356 e. The van der Waals surface area contributed by atoms with E-state index in [0.717, 1.165) is 5.75 Å². The lowest BCUT2D eigenvalue weighted by molar-refractivity contribution is -0.151. The van der Waals surface area contributed by atoms with Crippen LogP contribution in [0.4, 0.5) is 0 Å². The Morgan fingerprint density at radius 3 is 2.94 bits per heavy atom. The number of hydrogen-bond acceptors (Lipinski definition) is 8. The first-order valence-corrected chi connectivity index (χ1v) is 8.22. The van der Waals surface area contributed by atoms with Crippen LogP contribution < -0.4 is 11.4 Å². The van der Waals surface area contributed by atoms with Crippen LogP contribution in [-0.4, -0.2) is 55.5 Å². The van der Waals surface area contributed by atoms with Gasteiger partial charge in [-0.05, 0) is 0 Å². The van der Waals surface area contributed by atoms with Gasteiger partial charge in [0, 0.05) is 30.9 Å². The molecule has 0 bridgehead atoms. The van der Waals surface area contributed by atoms with Crippen LogP contribution in [0, 0.1) is 0 Å². The molecule has 1 unspecified atom stereocenters.